The summed E-state index contributed by atoms with van der Waals surface area (Å²) in [6, 6.07) is 7.83. The second kappa shape index (κ2) is 7.26. The topological polar surface area (TPSA) is 42.4 Å². The Morgan fingerprint density at radius 1 is 1.21 bits per heavy atom. The second-order valence-electron chi connectivity index (χ2n) is 4.39. The van der Waals surface area contributed by atoms with Crippen molar-refractivity contribution in [3.63, 3.8) is 0 Å². The molecule has 1 N–H and O–H groups in total. The number of thiazole rings is 1. The van der Waals surface area contributed by atoms with E-state index >= 15 is 0 Å². The Balaban J connectivity index is 1.86. The van der Waals surface area contributed by atoms with E-state index in [1.807, 2.05) is 24.3 Å². The Morgan fingerprint density at radius 2 is 2.00 bits per heavy atom. The zero-order valence-corrected chi connectivity index (χ0v) is 11.9. The highest BCUT2D eigenvalue weighted by Gasteiger charge is 2.02. The number of nitrogens with zero attached hydrogens (tertiary/aromatic N) is 1. The van der Waals surface area contributed by atoms with E-state index in [9.17, 15) is 0 Å². The monoisotopic (exact) mass is 277 g/mol. The van der Waals surface area contributed by atoms with Crippen molar-refractivity contribution in [2.24, 2.45) is 0 Å². The van der Waals surface area contributed by atoms with Gasteiger partial charge in [0.1, 0.15) is 12.4 Å². The molecule has 1 heterocycles. The van der Waals surface area contributed by atoms with Crippen LogP contribution in [0.2, 0.25) is 0 Å². The van der Waals surface area contributed by atoms with E-state index < -0.39 is 0 Å². The van der Waals surface area contributed by atoms with Gasteiger partial charge in [-0.25, -0.2) is 4.98 Å². The van der Waals surface area contributed by atoms with Crippen molar-refractivity contribution in [2.75, 3.05) is 6.61 Å². The van der Waals surface area contributed by atoms with Crippen LogP contribution in [0.1, 0.15) is 29.6 Å². The Hall–Kier alpha value is -1.39. The van der Waals surface area contributed by atoms with Gasteiger partial charge < -0.3 is 9.84 Å². The first kappa shape index (κ1) is 14.0. The van der Waals surface area contributed by atoms with E-state index in [0.717, 1.165) is 29.8 Å². The summed E-state index contributed by atoms with van der Waals surface area (Å²) >= 11 is 1.70. The number of hydrogen-bond acceptors (Lipinski definition) is 4. The number of aliphatic hydroxyl groups excluding tert-OH is 1. The summed E-state index contributed by atoms with van der Waals surface area (Å²) < 4.78 is 5.70. The predicted molar refractivity (Wildman–Crippen MR) is 77.7 cm³/mol. The van der Waals surface area contributed by atoms with Gasteiger partial charge in [-0.15, -0.1) is 11.3 Å². The first-order chi connectivity index (χ1) is 9.31. The molecule has 0 radical (unpaired) electrons. The smallest absolute Gasteiger partial charge is 0.131 e. The molecule has 0 spiro atoms. The van der Waals surface area contributed by atoms with Gasteiger partial charge in [0.15, 0.2) is 0 Å². The molecule has 2 aromatic rings. The average Bonchev–Trinajstić information content (AvgIpc) is 2.87. The quantitative estimate of drug-likeness (QED) is 0.845. The molecule has 0 aliphatic carbocycles. The van der Waals surface area contributed by atoms with Crippen LogP contribution in [0.4, 0.5) is 0 Å². The van der Waals surface area contributed by atoms with Crippen LogP contribution in [-0.4, -0.2) is 16.7 Å². The number of aromatic nitrogens is 1. The molecule has 1 aromatic carbocycles. The Kier molecular flexibility index (Phi) is 5.36. The highest BCUT2D eigenvalue weighted by molar-refractivity contribution is 7.09. The third-order valence-electron chi connectivity index (χ3n) is 2.77. The maximum atomic E-state index is 8.85. The molecule has 4 heteroatoms. The van der Waals surface area contributed by atoms with E-state index in [0.29, 0.717) is 13.0 Å². The Morgan fingerprint density at radius 3 is 2.68 bits per heavy atom. The molecule has 0 saturated heterocycles. The molecule has 0 aliphatic heterocycles. The van der Waals surface area contributed by atoms with Crippen LogP contribution in [0, 0.1) is 0 Å². The van der Waals surface area contributed by atoms with Gasteiger partial charge in [0.05, 0.1) is 10.7 Å². The van der Waals surface area contributed by atoms with Gasteiger partial charge in [-0.05, 0) is 37.0 Å². The van der Waals surface area contributed by atoms with Crippen LogP contribution < -0.4 is 4.74 Å². The van der Waals surface area contributed by atoms with Crippen molar-refractivity contribution in [1.82, 2.24) is 4.98 Å². The number of rotatable bonds is 7. The van der Waals surface area contributed by atoms with Crippen LogP contribution in [0.25, 0.3) is 0 Å². The molecule has 0 saturated carbocycles. The minimum absolute atomic E-state index is 0.180. The van der Waals surface area contributed by atoms with E-state index in [4.69, 9.17) is 9.84 Å². The summed E-state index contributed by atoms with van der Waals surface area (Å²) in [6.45, 7) is 2.85. The molecule has 0 fully saturated rings. The number of hydrogen-bond donors (Lipinski definition) is 1. The zero-order chi connectivity index (χ0) is 13.5. The maximum Gasteiger partial charge on any atom is 0.131 e. The molecule has 1 aromatic heterocycles. The third-order valence-corrected chi connectivity index (χ3v) is 3.73. The number of aryl methyl sites for hydroxylation is 1. The molecule has 0 unspecified atom stereocenters. The van der Waals surface area contributed by atoms with Crippen molar-refractivity contribution in [2.45, 2.75) is 32.8 Å². The lowest BCUT2D eigenvalue weighted by atomic mass is 10.1. The second-order valence-corrected chi connectivity index (χ2v) is 5.33. The average molecular weight is 277 g/mol. The summed E-state index contributed by atoms with van der Waals surface area (Å²) in [7, 11) is 0. The van der Waals surface area contributed by atoms with E-state index in [1.165, 1.54) is 5.01 Å². The Bertz CT molecular complexity index is 493. The van der Waals surface area contributed by atoms with Crippen molar-refractivity contribution < 1.29 is 9.84 Å². The van der Waals surface area contributed by atoms with Crippen LogP contribution in [0.5, 0.6) is 5.75 Å². The van der Waals surface area contributed by atoms with Crippen LogP contribution >= 0.6 is 11.3 Å². The van der Waals surface area contributed by atoms with Gasteiger partial charge in [0, 0.05) is 12.0 Å². The summed E-state index contributed by atoms with van der Waals surface area (Å²) in [5, 5.41) is 12.1. The normalized spacial score (nSPS) is 10.6. The highest BCUT2D eigenvalue weighted by atomic mass is 32.1. The van der Waals surface area contributed by atoms with E-state index in [-0.39, 0.29) is 6.61 Å². The van der Waals surface area contributed by atoms with Gasteiger partial charge in [0.25, 0.3) is 0 Å². The first-order valence-corrected chi connectivity index (χ1v) is 7.45. The fraction of sp³-hybridized carbons (Fsp3) is 0.400. The summed E-state index contributed by atoms with van der Waals surface area (Å²) in [5.41, 5.74) is 2.11. The van der Waals surface area contributed by atoms with Gasteiger partial charge >= 0.3 is 0 Å². The largest absolute Gasteiger partial charge is 0.487 e. The standard InChI is InChI=1S/C15H19NO2S/c1-2-3-15-16-13(11-19-15)10-18-14-6-4-12(5-7-14)8-9-17/h4-7,11,17H,2-3,8-10H2,1H3. The summed E-state index contributed by atoms with van der Waals surface area (Å²) in [6.07, 6.45) is 2.85. The molecular formula is C15H19NO2S. The molecule has 0 bridgehead atoms. The van der Waals surface area contributed by atoms with Crippen molar-refractivity contribution in [3.8, 4) is 5.75 Å². The van der Waals surface area contributed by atoms with Gasteiger partial charge in [-0.2, -0.15) is 0 Å². The number of aliphatic hydroxyl groups is 1. The zero-order valence-electron chi connectivity index (χ0n) is 11.1. The van der Waals surface area contributed by atoms with Crippen LogP contribution in [0.3, 0.4) is 0 Å². The van der Waals surface area contributed by atoms with Gasteiger partial charge in [0.2, 0.25) is 0 Å². The molecule has 19 heavy (non-hydrogen) atoms. The molecule has 2 rings (SSSR count). The SMILES string of the molecule is CCCc1nc(COc2ccc(CCO)cc2)cs1. The lowest BCUT2D eigenvalue weighted by Gasteiger charge is -2.05. The van der Waals surface area contributed by atoms with Crippen molar-refractivity contribution in [1.29, 1.82) is 0 Å². The molecule has 0 atom stereocenters. The molecule has 102 valence electrons. The highest BCUT2D eigenvalue weighted by Crippen LogP contribution is 2.16. The Labute approximate surface area is 117 Å². The maximum absolute atomic E-state index is 8.85. The van der Waals surface area contributed by atoms with Gasteiger partial charge in [-0.1, -0.05) is 19.1 Å². The first-order valence-electron chi connectivity index (χ1n) is 6.57. The minimum atomic E-state index is 0.180. The van der Waals surface area contributed by atoms with Crippen LogP contribution in [-0.2, 0) is 19.4 Å². The summed E-state index contributed by atoms with van der Waals surface area (Å²) in [4.78, 5) is 4.52. The van der Waals surface area contributed by atoms with Gasteiger partial charge in [-0.3, -0.25) is 0 Å². The third kappa shape index (κ3) is 4.33. The number of ether oxygens (including phenoxy) is 1. The molecule has 0 aliphatic rings. The van der Waals surface area contributed by atoms with Crippen LogP contribution in [0.15, 0.2) is 29.6 Å². The molecule has 3 nitrogen and oxygen atoms in total. The predicted octanol–water partition coefficient (Wildman–Crippen LogP) is 3.21. The lowest BCUT2D eigenvalue weighted by Crippen LogP contribution is -1.97. The minimum Gasteiger partial charge on any atom is -0.487 e. The molecular weight excluding hydrogens is 258 g/mol. The fourth-order valence-electron chi connectivity index (χ4n) is 1.78. The lowest BCUT2D eigenvalue weighted by molar-refractivity contribution is 0.297. The van der Waals surface area contributed by atoms with E-state index in [1.54, 1.807) is 11.3 Å². The van der Waals surface area contributed by atoms with Crippen molar-refractivity contribution in [3.05, 3.63) is 45.9 Å². The molecule has 0 amide bonds. The van der Waals surface area contributed by atoms with E-state index in [2.05, 4.69) is 17.3 Å². The fourth-order valence-corrected chi connectivity index (χ4v) is 2.67. The van der Waals surface area contributed by atoms with Crippen molar-refractivity contribution >= 4 is 11.3 Å². The summed E-state index contributed by atoms with van der Waals surface area (Å²) in [5.74, 6) is 0.840. The number of benzene rings is 1.